The number of halogens is 6. The molecule has 0 N–H and O–H groups in total. The molecule has 0 aliphatic rings. The maximum Gasteiger partial charge on any atom is 3.00 e. The first-order valence-corrected chi connectivity index (χ1v) is 0. The molecule has 8 heavy (non-hydrogen) atoms. The van der Waals surface area contributed by atoms with E-state index in [1.54, 1.807) is 0 Å². The van der Waals surface area contributed by atoms with Gasteiger partial charge in [-0.05, 0) is 0 Å². The first-order chi connectivity index (χ1) is 0. The van der Waals surface area contributed by atoms with E-state index < -0.39 is 0 Å². The Kier molecular flexibility index (Phi) is 638. The van der Waals surface area contributed by atoms with E-state index in [1.165, 1.54) is 0 Å². The van der Waals surface area contributed by atoms with Crippen molar-refractivity contribution in [2.45, 2.75) is 0 Å². The minimum Gasteiger partial charge on any atom is -1.00 e. The summed E-state index contributed by atoms with van der Waals surface area (Å²) >= 11 is 0. The van der Waals surface area contributed by atoms with Gasteiger partial charge in [0.15, 0.2) is 0 Å². The third kappa shape index (κ3) is 46.8. The van der Waals surface area contributed by atoms with E-state index in [1.807, 2.05) is 0 Å². The standard InChI is InChI=1S/6BrH.Na.Rh/h6*1H;;/q;;;;;;+1;+3/p-4. The Morgan fingerprint density at radius 1 is 0.500 bits per heavy atom. The molecule has 0 bridgehead atoms. The van der Waals surface area contributed by atoms with Gasteiger partial charge in [0.2, 0.25) is 0 Å². The summed E-state index contributed by atoms with van der Waals surface area (Å²) in [4.78, 5) is 0. The molecule has 0 saturated carbocycles. The van der Waals surface area contributed by atoms with Gasteiger partial charge in [-0.25, -0.2) is 0 Å². The number of hydrogen-bond acceptors (Lipinski definition) is 0. The molecule has 0 heterocycles. The molecule has 0 aliphatic carbocycles. The van der Waals surface area contributed by atoms with Crippen LogP contribution < -0.4 is 97.5 Å². The molecule has 0 aromatic heterocycles. The van der Waals surface area contributed by atoms with Crippen LogP contribution in [0.4, 0.5) is 0 Å². The number of rotatable bonds is 0. The zero-order chi connectivity index (χ0) is 0. The summed E-state index contributed by atoms with van der Waals surface area (Å²) in [7, 11) is 0. The van der Waals surface area contributed by atoms with Crippen LogP contribution in [0.15, 0.2) is 0 Å². The van der Waals surface area contributed by atoms with Crippen LogP contribution in [0.25, 0.3) is 0 Å². The molecule has 0 spiro atoms. The fraction of sp³-hybridized carbons (Fsp3) is 0. The van der Waals surface area contributed by atoms with E-state index in [0.717, 1.165) is 0 Å². The molecular weight excluding hydrogens is 605 g/mol. The third-order valence-electron chi connectivity index (χ3n) is 0. The topological polar surface area (TPSA) is 0 Å². The molecule has 0 aromatic carbocycles. The Hall–Kier alpha value is 4.50. The Morgan fingerprint density at radius 3 is 0.500 bits per heavy atom. The summed E-state index contributed by atoms with van der Waals surface area (Å²) in [5.41, 5.74) is 0. The van der Waals surface area contributed by atoms with Crippen molar-refractivity contribution in [2.24, 2.45) is 0 Å². The fourth-order valence-electron chi connectivity index (χ4n) is 0. The molecule has 0 nitrogen and oxygen atoms in total. The van der Waals surface area contributed by atoms with Crippen molar-refractivity contribution >= 4 is 34.0 Å². The van der Waals surface area contributed by atoms with Crippen molar-refractivity contribution in [1.82, 2.24) is 0 Å². The summed E-state index contributed by atoms with van der Waals surface area (Å²) in [6.07, 6.45) is 0. The number of hydrogen-bond donors (Lipinski definition) is 0. The Morgan fingerprint density at radius 2 is 0.500 bits per heavy atom. The predicted octanol–water partition coefficient (Wildman–Crippen LogP) is -13.8. The summed E-state index contributed by atoms with van der Waals surface area (Å²) in [5, 5.41) is 0. The molecule has 0 aromatic rings. The van der Waals surface area contributed by atoms with Gasteiger partial charge >= 0.3 is 49.0 Å². The van der Waals surface area contributed by atoms with Gasteiger partial charge in [-0.15, -0.1) is 34.0 Å². The van der Waals surface area contributed by atoms with Gasteiger partial charge < -0.3 is 67.9 Å². The third-order valence-corrected chi connectivity index (χ3v) is 0. The molecule has 0 unspecified atom stereocenters. The largest absolute Gasteiger partial charge is 3.00 e. The van der Waals surface area contributed by atoms with Gasteiger partial charge in [0.25, 0.3) is 0 Å². The zero-order valence-corrected chi connectivity index (χ0v) is 17.1. The van der Waals surface area contributed by atoms with E-state index in [9.17, 15) is 0 Å². The van der Waals surface area contributed by atoms with Crippen LogP contribution in [0.3, 0.4) is 0 Å². The van der Waals surface area contributed by atoms with Crippen LogP contribution in [0.5, 0.6) is 0 Å². The van der Waals surface area contributed by atoms with E-state index in [4.69, 9.17) is 0 Å². The molecule has 0 atom stereocenters. The van der Waals surface area contributed by atoms with Crippen molar-refractivity contribution < 1.29 is 117 Å². The van der Waals surface area contributed by atoms with Crippen LogP contribution in [0.2, 0.25) is 0 Å². The first kappa shape index (κ1) is 81.6. The second-order valence-corrected chi connectivity index (χ2v) is 0. The van der Waals surface area contributed by atoms with Crippen molar-refractivity contribution in [3.05, 3.63) is 0 Å². The van der Waals surface area contributed by atoms with E-state index in [2.05, 4.69) is 0 Å². The van der Waals surface area contributed by atoms with E-state index >= 15 is 0 Å². The van der Waals surface area contributed by atoms with E-state index in [-0.39, 0.29) is 151 Å². The van der Waals surface area contributed by atoms with Crippen molar-refractivity contribution in [2.75, 3.05) is 0 Å². The molecule has 0 radical (unpaired) electrons. The predicted molar refractivity (Wildman–Crippen MR) is 20.6 cm³/mol. The summed E-state index contributed by atoms with van der Waals surface area (Å²) in [6, 6.07) is 0. The van der Waals surface area contributed by atoms with Crippen molar-refractivity contribution in [3.63, 3.8) is 0 Å². The second-order valence-electron chi connectivity index (χ2n) is 0. The summed E-state index contributed by atoms with van der Waals surface area (Å²) in [6.45, 7) is 0. The average Bonchev–Trinajstić information content (AvgIpc) is 0. The second kappa shape index (κ2) is 62.6. The molecule has 54 valence electrons. The van der Waals surface area contributed by atoms with Crippen LogP contribution in [0, 0.1) is 0 Å². The maximum absolute atomic E-state index is 0. The van der Waals surface area contributed by atoms with Crippen LogP contribution in [0.1, 0.15) is 0 Å². The minimum atomic E-state index is 0. The quantitative estimate of drug-likeness (QED) is 0.241. The Labute approximate surface area is 148 Å². The molecule has 0 saturated heterocycles. The summed E-state index contributed by atoms with van der Waals surface area (Å²) in [5.74, 6) is 0. The van der Waals surface area contributed by atoms with Gasteiger partial charge in [-0.2, -0.15) is 0 Å². The smallest absolute Gasteiger partial charge is 1.00 e. The van der Waals surface area contributed by atoms with Gasteiger partial charge in [0, 0.05) is 0 Å². The van der Waals surface area contributed by atoms with Crippen molar-refractivity contribution in [3.8, 4) is 0 Å². The zero-order valence-electron chi connectivity index (χ0n) is 3.66. The normalized spacial score (nSPS) is 0. The van der Waals surface area contributed by atoms with Gasteiger partial charge in [-0.1, -0.05) is 0 Å². The van der Waals surface area contributed by atoms with E-state index in [0.29, 0.717) is 0 Å². The molecule has 0 amide bonds. The van der Waals surface area contributed by atoms with Crippen LogP contribution >= 0.6 is 34.0 Å². The molecular formula is H2Br6NaRh. The SMILES string of the molecule is Br.Br.[Br-].[Br-].[Br-].[Br-].[Na+].[Rh+3]. The minimum absolute atomic E-state index is 0. The summed E-state index contributed by atoms with van der Waals surface area (Å²) < 4.78 is 0. The molecule has 0 rings (SSSR count). The molecule has 0 aliphatic heterocycles. The Balaban J connectivity index is 0. The Bertz CT molecular complexity index is 8.49. The van der Waals surface area contributed by atoms with Crippen molar-refractivity contribution in [1.29, 1.82) is 0 Å². The first-order valence-electron chi connectivity index (χ1n) is 0. The molecule has 8 heteroatoms. The monoisotopic (exact) mass is 601 g/mol. The molecule has 0 fully saturated rings. The fourth-order valence-corrected chi connectivity index (χ4v) is 0. The average molecular weight is 607 g/mol. The maximum atomic E-state index is 0. The van der Waals surface area contributed by atoms with Gasteiger partial charge in [0.1, 0.15) is 0 Å². The van der Waals surface area contributed by atoms with Gasteiger partial charge in [-0.3, -0.25) is 0 Å². The van der Waals surface area contributed by atoms with Crippen LogP contribution in [-0.2, 0) is 19.5 Å². The van der Waals surface area contributed by atoms with Crippen LogP contribution in [-0.4, -0.2) is 0 Å². The van der Waals surface area contributed by atoms with Gasteiger partial charge in [0.05, 0.1) is 0 Å².